The van der Waals surface area contributed by atoms with E-state index < -0.39 is 18.0 Å². The fraction of sp³-hybridized carbons (Fsp3) is 0.333. The van der Waals surface area contributed by atoms with Gasteiger partial charge >= 0.3 is 5.97 Å². The van der Waals surface area contributed by atoms with E-state index in [0.717, 1.165) is 0 Å². The lowest BCUT2D eigenvalue weighted by molar-refractivity contribution is -0.147. The van der Waals surface area contributed by atoms with Crippen LogP contribution in [0, 0.1) is 0 Å². The molecule has 0 heterocycles. The van der Waals surface area contributed by atoms with Crippen LogP contribution >= 0.6 is 11.6 Å². The molecule has 6 nitrogen and oxygen atoms in total. The predicted molar refractivity (Wildman–Crippen MR) is 68.2 cm³/mol. The standard InChI is InChI=1S/C12H14ClNO5/c13-8-3-1-2-4-10(8)19-7-11(16)14-6-5-9(15)12(17)18/h1-4,9,15H,5-7H2,(H,14,16)(H,17,18). The molecule has 0 radical (unpaired) electrons. The first kappa shape index (κ1) is 15.3. The quantitative estimate of drug-likeness (QED) is 0.685. The average Bonchev–Trinajstić information content (AvgIpc) is 2.37. The van der Waals surface area contributed by atoms with Crippen LogP contribution in [0.25, 0.3) is 0 Å². The van der Waals surface area contributed by atoms with Gasteiger partial charge in [-0.1, -0.05) is 23.7 Å². The number of carbonyl (C=O) groups excluding carboxylic acids is 1. The predicted octanol–water partition coefficient (Wildman–Crippen LogP) is 0.671. The molecule has 0 aliphatic carbocycles. The summed E-state index contributed by atoms with van der Waals surface area (Å²) in [6.45, 7) is -0.176. The van der Waals surface area contributed by atoms with E-state index in [4.69, 9.17) is 26.6 Å². The number of nitrogens with one attached hydrogen (secondary N) is 1. The molecule has 1 aromatic rings. The Morgan fingerprint density at radius 1 is 1.37 bits per heavy atom. The van der Waals surface area contributed by atoms with Gasteiger partial charge in [0.15, 0.2) is 12.7 Å². The van der Waals surface area contributed by atoms with Gasteiger partial charge in [-0.3, -0.25) is 4.79 Å². The molecular weight excluding hydrogens is 274 g/mol. The van der Waals surface area contributed by atoms with E-state index in [0.29, 0.717) is 10.8 Å². The second kappa shape index (κ2) is 7.60. The number of rotatable bonds is 7. The van der Waals surface area contributed by atoms with E-state index in [2.05, 4.69) is 5.32 Å². The normalized spacial score (nSPS) is 11.7. The minimum Gasteiger partial charge on any atom is -0.482 e. The molecular formula is C12H14ClNO5. The van der Waals surface area contributed by atoms with E-state index in [-0.39, 0.29) is 19.6 Å². The lowest BCUT2D eigenvalue weighted by Crippen LogP contribution is -2.33. The SMILES string of the molecule is O=C(COc1ccccc1Cl)NCCC(O)C(=O)O. The zero-order chi connectivity index (χ0) is 14.3. The van der Waals surface area contributed by atoms with Crippen molar-refractivity contribution in [1.29, 1.82) is 0 Å². The van der Waals surface area contributed by atoms with Crippen molar-refractivity contribution in [3.63, 3.8) is 0 Å². The second-order valence-corrected chi connectivity index (χ2v) is 4.12. The number of aliphatic hydroxyl groups excluding tert-OH is 1. The molecule has 0 saturated carbocycles. The number of ether oxygens (including phenoxy) is 1. The summed E-state index contributed by atoms with van der Waals surface area (Å²) in [6, 6.07) is 6.73. The first-order valence-electron chi connectivity index (χ1n) is 5.55. The third-order valence-corrected chi connectivity index (χ3v) is 2.53. The molecule has 0 aliphatic heterocycles. The Bertz CT molecular complexity index is 452. The fourth-order valence-electron chi connectivity index (χ4n) is 1.23. The van der Waals surface area contributed by atoms with Gasteiger partial charge in [0.25, 0.3) is 5.91 Å². The molecule has 3 N–H and O–H groups in total. The molecule has 0 aliphatic rings. The van der Waals surface area contributed by atoms with Crippen molar-refractivity contribution < 1.29 is 24.5 Å². The van der Waals surface area contributed by atoms with Crippen LogP contribution in [0.2, 0.25) is 5.02 Å². The highest BCUT2D eigenvalue weighted by molar-refractivity contribution is 6.32. The van der Waals surface area contributed by atoms with Crippen molar-refractivity contribution >= 4 is 23.5 Å². The van der Waals surface area contributed by atoms with Gasteiger partial charge in [0, 0.05) is 13.0 Å². The number of carboxylic acid groups (broad SMARTS) is 1. The maximum atomic E-state index is 11.4. The topological polar surface area (TPSA) is 95.9 Å². The van der Waals surface area contributed by atoms with Gasteiger partial charge in [0.05, 0.1) is 5.02 Å². The molecule has 0 fully saturated rings. The highest BCUT2D eigenvalue weighted by Crippen LogP contribution is 2.22. The van der Waals surface area contributed by atoms with Crippen LogP contribution in [0.15, 0.2) is 24.3 Å². The summed E-state index contributed by atoms with van der Waals surface area (Å²) in [4.78, 5) is 21.7. The van der Waals surface area contributed by atoms with E-state index >= 15 is 0 Å². The molecule has 104 valence electrons. The molecule has 19 heavy (non-hydrogen) atoms. The summed E-state index contributed by atoms with van der Waals surface area (Å²) in [5, 5.41) is 20.2. The first-order chi connectivity index (χ1) is 9.00. The van der Waals surface area contributed by atoms with Crippen LogP contribution in [-0.2, 0) is 9.59 Å². The van der Waals surface area contributed by atoms with Crippen LogP contribution in [0.1, 0.15) is 6.42 Å². The number of benzene rings is 1. The number of halogens is 1. The third-order valence-electron chi connectivity index (χ3n) is 2.22. The van der Waals surface area contributed by atoms with Gasteiger partial charge in [0.1, 0.15) is 5.75 Å². The summed E-state index contributed by atoms with van der Waals surface area (Å²) >= 11 is 5.83. The van der Waals surface area contributed by atoms with Gasteiger partial charge in [0.2, 0.25) is 0 Å². The van der Waals surface area contributed by atoms with Crippen LogP contribution in [0.4, 0.5) is 0 Å². The molecule has 1 rings (SSSR count). The van der Waals surface area contributed by atoms with Gasteiger partial charge in [-0.15, -0.1) is 0 Å². The number of carbonyl (C=O) groups is 2. The maximum absolute atomic E-state index is 11.4. The summed E-state index contributed by atoms with van der Waals surface area (Å²) in [6.07, 6.45) is -1.54. The molecule has 0 aromatic heterocycles. The van der Waals surface area contributed by atoms with Crippen molar-refractivity contribution in [3.8, 4) is 5.75 Å². The monoisotopic (exact) mass is 287 g/mol. The summed E-state index contributed by atoms with van der Waals surface area (Å²) in [7, 11) is 0. The van der Waals surface area contributed by atoms with Crippen molar-refractivity contribution in [3.05, 3.63) is 29.3 Å². The van der Waals surface area contributed by atoms with Crippen LogP contribution in [-0.4, -0.2) is 41.3 Å². The minimum atomic E-state index is -1.48. The molecule has 1 unspecified atom stereocenters. The largest absolute Gasteiger partial charge is 0.482 e. The number of carboxylic acids is 1. The van der Waals surface area contributed by atoms with Gasteiger partial charge in [-0.05, 0) is 12.1 Å². The second-order valence-electron chi connectivity index (χ2n) is 3.71. The highest BCUT2D eigenvalue weighted by Gasteiger charge is 2.13. The smallest absolute Gasteiger partial charge is 0.332 e. The first-order valence-corrected chi connectivity index (χ1v) is 5.93. The van der Waals surface area contributed by atoms with E-state index in [9.17, 15) is 9.59 Å². The number of hydrogen-bond acceptors (Lipinski definition) is 4. The number of hydrogen-bond donors (Lipinski definition) is 3. The third kappa shape index (κ3) is 5.58. The number of aliphatic carboxylic acids is 1. The molecule has 1 aromatic carbocycles. The number of para-hydroxylation sites is 1. The Morgan fingerprint density at radius 3 is 2.68 bits per heavy atom. The lowest BCUT2D eigenvalue weighted by Gasteiger charge is -2.09. The van der Waals surface area contributed by atoms with Crippen molar-refractivity contribution in [2.45, 2.75) is 12.5 Å². The molecule has 0 bridgehead atoms. The lowest BCUT2D eigenvalue weighted by atomic mass is 10.2. The van der Waals surface area contributed by atoms with Crippen LogP contribution in [0.3, 0.4) is 0 Å². The maximum Gasteiger partial charge on any atom is 0.332 e. The minimum absolute atomic E-state index is 0.0538. The fourth-order valence-corrected chi connectivity index (χ4v) is 1.42. The Hall–Kier alpha value is -1.79. The Labute approximate surface area is 114 Å². The Balaban J connectivity index is 2.25. The Morgan fingerprint density at radius 2 is 2.05 bits per heavy atom. The van der Waals surface area contributed by atoms with Crippen molar-refractivity contribution in [2.75, 3.05) is 13.2 Å². The van der Waals surface area contributed by atoms with Crippen LogP contribution in [0.5, 0.6) is 5.75 Å². The molecule has 1 atom stereocenters. The molecule has 0 spiro atoms. The van der Waals surface area contributed by atoms with Gasteiger partial charge < -0.3 is 20.3 Å². The zero-order valence-electron chi connectivity index (χ0n) is 10.0. The van der Waals surface area contributed by atoms with Gasteiger partial charge in [-0.2, -0.15) is 0 Å². The molecule has 7 heteroatoms. The molecule has 1 amide bonds. The Kier molecular flexibility index (Phi) is 6.11. The van der Waals surface area contributed by atoms with Crippen molar-refractivity contribution in [2.24, 2.45) is 0 Å². The number of amides is 1. The summed E-state index contributed by atoms with van der Waals surface area (Å²) < 4.78 is 5.18. The van der Waals surface area contributed by atoms with Crippen molar-refractivity contribution in [1.82, 2.24) is 5.32 Å². The number of aliphatic hydroxyl groups is 1. The van der Waals surface area contributed by atoms with Crippen LogP contribution < -0.4 is 10.1 Å². The van der Waals surface area contributed by atoms with E-state index in [1.165, 1.54) is 0 Å². The highest BCUT2D eigenvalue weighted by atomic mass is 35.5. The zero-order valence-corrected chi connectivity index (χ0v) is 10.8. The average molecular weight is 288 g/mol. The summed E-state index contributed by atoms with van der Waals surface area (Å²) in [5.41, 5.74) is 0. The van der Waals surface area contributed by atoms with E-state index in [1.54, 1.807) is 24.3 Å². The van der Waals surface area contributed by atoms with Gasteiger partial charge in [-0.25, -0.2) is 4.79 Å². The van der Waals surface area contributed by atoms with E-state index in [1.807, 2.05) is 0 Å². The summed E-state index contributed by atoms with van der Waals surface area (Å²) in [5.74, 6) is -1.34. The molecule has 0 saturated heterocycles.